The van der Waals surface area contributed by atoms with Crippen molar-refractivity contribution >= 4 is 10.2 Å². The second-order valence-electron chi connectivity index (χ2n) is 4.85. The number of nitrogens with zero attached hydrogens (tertiary/aromatic N) is 1. The third-order valence-corrected chi connectivity index (χ3v) is 5.01. The van der Waals surface area contributed by atoms with Crippen molar-refractivity contribution < 1.29 is 8.42 Å². The number of hydrogen-bond donors (Lipinski definition) is 2. The Morgan fingerprint density at radius 2 is 1.84 bits per heavy atom. The largest absolute Gasteiger partial charge is 0.329 e. The Morgan fingerprint density at radius 3 is 2.42 bits per heavy atom. The van der Waals surface area contributed by atoms with Gasteiger partial charge in [-0.3, -0.25) is 0 Å². The lowest BCUT2D eigenvalue weighted by molar-refractivity contribution is 0.451. The molecule has 1 aliphatic rings. The van der Waals surface area contributed by atoms with Crippen LogP contribution in [-0.2, 0) is 16.6 Å². The average molecular weight is 283 g/mol. The molecule has 5 nitrogen and oxygen atoms in total. The van der Waals surface area contributed by atoms with Gasteiger partial charge in [0, 0.05) is 25.7 Å². The van der Waals surface area contributed by atoms with Crippen molar-refractivity contribution in [2.24, 2.45) is 5.73 Å². The van der Waals surface area contributed by atoms with Crippen LogP contribution < -0.4 is 10.5 Å². The van der Waals surface area contributed by atoms with Crippen LogP contribution in [-0.4, -0.2) is 38.4 Å². The summed E-state index contributed by atoms with van der Waals surface area (Å²) in [7, 11) is -3.39. The highest BCUT2D eigenvalue weighted by Crippen LogP contribution is 2.12. The van der Waals surface area contributed by atoms with Gasteiger partial charge in [-0.1, -0.05) is 30.3 Å². The van der Waals surface area contributed by atoms with Crippen molar-refractivity contribution in [1.29, 1.82) is 0 Å². The monoisotopic (exact) mass is 283 g/mol. The lowest BCUT2D eigenvalue weighted by atomic mass is 10.1. The maximum Gasteiger partial charge on any atom is 0.279 e. The molecule has 0 radical (unpaired) electrons. The molecule has 0 amide bonds. The van der Waals surface area contributed by atoms with E-state index in [0.717, 1.165) is 18.4 Å². The van der Waals surface area contributed by atoms with E-state index >= 15 is 0 Å². The van der Waals surface area contributed by atoms with Gasteiger partial charge in [0.1, 0.15) is 0 Å². The summed E-state index contributed by atoms with van der Waals surface area (Å²) >= 11 is 0. The van der Waals surface area contributed by atoms with Crippen LogP contribution in [0.2, 0.25) is 0 Å². The first-order chi connectivity index (χ1) is 9.12. The van der Waals surface area contributed by atoms with Crippen LogP contribution in [0.5, 0.6) is 0 Å². The van der Waals surface area contributed by atoms with E-state index in [9.17, 15) is 8.42 Å². The van der Waals surface area contributed by atoms with E-state index in [1.807, 2.05) is 30.3 Å². The quantitative estimate of drug-likeness (QED) is 0.797. The highest BCUT2D eigenvalue weighted by atomic mass is 32.2. The molecule has 0 aliphatic carbocycles. The van der Waals surface area contributed by atoms with Crippen LogP contribution in [0.1, 0.15) is 18.4 Å². The topological polar surface area (TPSA) is 75.4 Å². The fourth-order valence-corrected chi connectivity index (χ4v) is 3.77. The van der Waals surface area contributed by atoms with E-state index < -0.39 is 10.2 Å². The fraction of sp³-hybridized carbons (Fsp3) is 0.538. The molecule has 1 aromatic carbocycles. The molecule has 0 saturated carbocycles. The van der Waals surface area contributed by atoms with E-state index in [1.165, 1.54) is 4.31 Å². The zero-order chi connectivity index (χ0) is 13.7. The van der Waals surface area contributed by atoms with Gasteiger partial charge in [-0.2, -0.15) is 17.4 Å². The molecule has 1 atom stereocenters. The molecule has 0 bridgehead atoms. The first-order valence-corrected chi connectivity index (χ1v) is 8.07. The summed E-state index contributed by atoms with van der Waals surface area (Å²) in [4.78, 5) is 0. The molecule has 1 unspecified atom stereocenters. The Bertz CT molecular complexity index is 484. The van der Waals surface area contributed by atoms with Gasteiger partial charge in [0.15, 0.2) is 0 Å². The first-order valence-electron chi connectivity index (χ1n) is 6.63. The van der Waals surface area contributed by atoms with Gasteiger partial charge in [0.05, 0.1) is 0 Å². The van der Waals surface area contributed by atoms with Gasteiger partial charge in [0.2, 0.25) is 0 Å². The predicted octanol–water partition coefficient (Wildman–Crippen LogP) is 0.487. The van der Waals surface area contributed by atoms with E-state index in [2.05, 4.69) is 4.72 Å². The minimum Gasteiger partial charge on any atom is -0.329 e. The van der Waals surface area contributed by atoms with Crippen molar-refractivity contribution in [3.05, 3.63) is 35.9 Å². The molecule has 1 heterocycles. The van der Waals surface area contributed by atoms with Gasteiger partial charge in [0.25, 0.3) is 10.2 Å². The average Bonchev–Trinajstić information content (AvgIpc) is 2.93. The van der Waals surface area contributed by atoms with E-state index in [-0.39, 0.29) is 6.04 Å². The van der Waals surface area contributed by atoms with Crippen molar-refractivity contribution in [3.8, 4) is 0 Å². The Morgan fingerprint density at radius 1 is 1.21 bits per heavy atom. The summed E-state index contributed by atoms with van der Waals surface area (Å²) in [5.74, 6) is 0. The number of hydrogen-bond acceptors (Lipinski definition) is 3. The van der Waals surface area contributed by atoms with E-state index in [0.29, 0.717) is 26.1 Å². The number of rotatable bonds is 6. The van der Waals surface area contributed by atoms with Crippen molar-refractivity contribution in [1.82, 2.24) is 9.03 Å². The minimum atomic E-state index is -3.39. The Labute approximate surface area is 115 Å². The predicted molar refractivity (Wildman–Crippen MR) is 75.9 cm³/mol. The first kappa shape index (κ1) is 14.5. The third-order valence-electron chi connectivity index (χ3n) is 3.33. The minimum absolute atomic E-state index is 0.256. The molecular formula is C13H21N3O2S. The summed E-state index contributed by atoms with van der Waals surface area (Å²) in [6.45, 7) is 1.51. The molecule has 0 spiro atoms. The van der Waals surface area contributed by atoms with Crippen LogP contribution in [0.25, 0.3) is 0 Å². The number of nitrogens with one attached hydrogen (secondary N) is 1. The second kappa shape index (κ2) is 6.47. The van der Waals surface area contributed by atoms with Gasteiger partial charge < -0.3 is 5.73 Å². The lowest BCUT2D eigenvalue weighted by Crippen LogP contribution is -2.47. The Kier molecular flexibility index (Phi) is 4.93. The highest BCUT2D eigenvalue weighted by molar-refractivity contribution is 7.87. The van der Waals surface area contributed by atoms with Crippen LogP contribution >= 0.6 is 0 Å². The zero-order valence-corrected chi connectivity index (χ0v) is 11.8. The lowest BCUT2D eigenvalue weighted by Gasteiger charge is -2.22. The molecule has 1 saturated heterocycles. The molecule has 106 valence electrons. The van der Waals surface area contributed by atoms with Gasteiger partial charge >= 0.3 is 0 Å². The fourth-order valence-electron chi connectivity index (χ4n) is 2.29. The molecule has 1 aliphatic heterocycles. The van der Waals surface area contributed by atoms with Crippen molar-refractivity contribution in [2.75, 3.05) is 19.6 Å². The normalized spacial score (nSPS) is 18.6. The van der Waals surface area contributed by atoms with Gasteiger partial charge in [-0.15, -0.1) is 0 Å². The summed E-state index contributed by atoms with van der Waals surface area (Å²) in [6.07, 6.45) is 2.49. The van der Waals surface area contributed by atoms with E-state index in [4.69, 9.17) is 5.73 Å². The van der Waals surface area contributed by atoms with Crippen LogP contribution in [0.3, 0.4) is 0 Å². The molecule has 3 N–H and O–H groups in total. The summed E-state index contributed by atoms with van der Waals surface area (Å²) in [5.41, 5.74) is 6.77. The molecule has 6 heteroatoms. The summed E-state index contributed by atoms with van der Waals surface area (Å²) in [6, 6.07) is 9.53. The summed E-state index contributed by atoms with van der Waals surface area (Å²) in [5, 5.41) is 0. The van der Waals surface area contributed by atoms with Crippen LogP contribution in [0.4, 0.5) is 0 Å². The highest BCUT2D eigenvalue weighted by Gasteiger charge is 2.27. The summed E-state index contributed by atoms with van der Waals surface area (Å²) < 4.78 is 28.5. The standard InChI is InChI=1S/C13H21N3O2S/c14-11-13(10-12-6-2-1-3-7-12)15-19(17,18)16-8-4-5-9-16/h1-3,6-7,13,15H,4-5,8-11,14H2. The smallest absolute Gasteiger partial charge is 0.279 e. The third kappa shape index (κ3) is 4.01. The zero-order valence-electron chi connectivity index (χ0n) is 11.0. The molecule has 1 aromatic rings. The molecule has 19 heavy (non-hydrogen) atoms. The van der Waals surface area contributed by atoms with Crippen molar-refractivity contribution in [3.63, 3.8) is 0 Å². The van der Waals surface area contributed by atoms with Gasteiger partial charge in [-0.05, 0) is 24.8 Å². The molecule has 1 fully saturated rings. The number of nitrogens with two attached hydrogens (primary N) is 1. The molecular weight excluding hydrogens is 262 g/mol. The molecule has 0 aromatic heterocycles. The van der Waals surface area contributed by atoms with Gasteiger partial charge in [-0.25, -0.2) is 0 Å². The Balaban J connectivity index is 1.98. The van der Waals surface area contributed by atoms with Crippen LogP contribution in [0, 0.1) is 0 Å². The van der Waals surface area contributed by atoms with Crippen molar-refractivity contribution in [2.45, 2.75) is 25.3 Å². The maximum absolute atomic E-state index is 12.2. The second-order valence-corrected chi connectivity index (χ2v) is 6.55. The van der Waals surface area contributed by atoms with Crippen LogP contribution in [0.15, 0.2) is 30.3 Å². The SMILES string of the molecule is NCC(Cc1ccccc1)NS(=O)(=O)N1CCCC1. The molecule has 2 rings (SSSR count). The maximum atomic E-state index is 12.2. The number of benzene rings is 1. The van der Waals surface area contributed by atoms with E-state index in [1.54, 1.807) is 0 Å². The Hall–Kier alpha value is -0.950.